The van der Waals surface area contributed by atoms with E-state index in [1.165, 1.54) is 12.1 Å². The van der Waals surface area contributed by atoms with Gasteiger partial charge in [-0.25, -0.2) is 4.39 Å². The molecule has 5 heteroatoms. The highest BCUT2D eigenvalue weighted by molar-refractivity contribution is 5.78. The Balaban J connectivity index is 1.87. The van der Waals surface area contributed by atoms with Gasteiger partial charge in [0, 0.05) is 41.9 Å². The molecule has 1 saturated heterocycles. The van der Waals surface area contributed by atoms with Gasteiger partial charge in [0.1, 0.15) is 5.82 Å². The van der Waals surface area contributed by atoms with Crippen molar-refractivity contribution >= 4 is 10.9 Å². The van der Waals surface area contributed by atoms with Crippen LogP contribution in [0.5, 0.6) is 0 Å². The van der Waals surface area contributed by atoms with E-state index in [9.17, 15) is 9.18 Å². The van der Waals surface area contributed by atoms with Gasteiger partial charge in [-0.1, -0.05) is 0 Å². The van der Waals surface area contributed by atoms with Crippen molar-refractivity contribution in [3.8, 4) is 0 Å². The minimum Gasteiger partial charge on any atom is -0.396 e. The van der Waals surface area contributed by atoms with Crippen molar-refractivity contribution in [3.63, 3.8) is 0 Å². The number of benzene rings is 1. The van der Waals surface area contributed by atoms with E-state index in [1.807, 2.05) is 0 Å². The normalized spacial score (nSPS) is 19.4. The van der Waals surface area contributed by atoms with Crippen molar-refractivity contribution in [2.45, 2.75) is 31.8 Å². The molecule has 1 unspecified atom stereocenters. The monoisotopic (exact) mass is 290 g/mol. The summed E-state index contributed by atoms with van der Waals surface area (Å²) < 4.78 is 13.2. The van der Waals surface area contributed by atoms with Gasteiger partial charge in [-0.2, -0.15) is 0 Å². The molecule has 1 aliphatic heterocycles. The summed E-state index contributed by atoms with van der Waals surface area (Å²) >= 11 is 0. The Morgan fingerprint density at radius 3 is 3.05 bits per heavy atom. The third-order valence-corrected chi connectivity index (χ3v) is 4.18. The lowest BCUT2D eigenvalue weighted by molar-refractivity contribution is 0.188. The Kier molecular flexibility index (Phi) is 4.03. The van der Waals surface area contributed by atoms with E-state index in [0.717, 1.165) is 31.5 Å². The van der Waals surface area contributed by atoms with Gasteiger partial charge in [0.25, 0.3) is 0 Å². The van der Waals surface area contributed by atoms with Gasteiger partial charge in [-0.05, 0) is 44.0 Å². The smallest absolute Gasteiger partial charge is 0.189 e. The van der Waals surface area contributed by atoms with Crippen LogP contribution in [0.25, 0.3) is 10.9 Å². The average molecular weight is 290 g/mol. The summed E-state index contributed by atoms with van der Waals surface area (Å²) in [4.78, 5) is 17.6. The number of hydrogen-bond donors (Lipinski definition) is 2. The molecular weight excluding hydrogens is 271 g/mol. The van der Waals surface area contributed by atoms with Gasteiger partial charge in [-0.3, -0.25) is 9.69 Å². The first-order valence-corrected chi connectivity index (χ1v) is 7.34. The molecule has 0 bridgehead atoms. The third-order valence-electron chi connectivity index (χ3n) is 4.18. The predicted molar refractivity (Wildman–Crippen MR) is 79.7 cm³/mol. The summed E-state index contributed by atoms with van der Waals surface area (Å²) in [5, 5.41) is 9.48. The van der Waals surface area contributed by atoms with Gasteiger partial charge >= 0.3 is 0 Å². The highest BCUT2D eigenvalue weighted by Gasteiger charge is 2.24. The molecule has 1 aromatic heterocycles. The molecule has 1 fully saturated rings. The van der Waals surface area contributed by atoms with Crippen LogP contribution < -0.4 is 5.43 Å². The van der Waals surface area contributed by atoms with Crippen LogP contribution in [0.3, 0.4) is 0 Å². The molecule has 21 heavy (non-hydrogen) atoms. The molecule has 0 amide bonds. The first-order chi connectivity index (χ1) is 10.2. The largest absolute Gasteiger partial charge is 0.396 e. The number of rotatable bonds is 4. The second kappa shape index (κ2) is 5.95. The fourth-order valence-corrected chi connectivity index (χ4v) is 3.16. The number of aliphatic hydroxyl groups excluding tert-OH is 1. The van der Waals surface area contributed by atoms with E-state index < -0.39 is 5.82 Å². The molecule has 0 radical (unpaired) electrons. The molecule has 2 N–H and O–H groups in total. The number of nitrogens with zero attached hydrogens (tertiary/aromatic N) is 1. The van der Waals surface area contributed by atoms with Crippen LogP contribution in [0.1, 0.15) is 25.0 Å². The molecular formula is C16H19FN2O2. The zero-order chi connectivity index (χ0) is 14.8. The first-order valence-electron chi connectivity index (χ1n) is 7.34. The maximum atomic E-state index is 13.2. The summed E-state index contributed by atoms with van der Waals surface area (Å²) in [5.74, 6) is -0.400. The number of aromatic amines is 1. The molecule has 2 aromatic rings. The maximum Gasteiger partial charge on any atom is 0.189 e. The number of halogens is 1. The van der Waals surface area contributed by atoms with E-state index in [2.05, 4.69) is 9.88 Å². The molecule has 0 aliphatic carbocycles. The Bertz CT molecular complexity index is 698. The standard InChI is InChI=1S/C16H19FN2O2/c17-11-3-4-15-14(8-11)16(21)9-12(18-15)10-19-6-1-2-13(19)5-7-20/h3-4,8-9,13,20H,1-2,5-7,10H2,(H,18,21). The summed E-state index contributed by atoms with van der Waals surface area (Å²) in [6.45, 7) is 1.83. The Labute approximate surface area is 122 Å². The fraction of sp³-hybridized carbons (Fsp3) is 0.438. The van der Waals surface area contributed by atoms with Gasteiger partial charge in [0.05, 0.1) is 0 Å². The van der Waals surface area contributed by atoms with E-state index in [0.29, 0.717) is 23.5 Å². The topological polar surface area (TPSA) is 56.3 Å². The molecule has 0 spiro atoms. The summed E-state index contributed by atoms with van der Waals surface area (Å²) in [6, 6.07) is 6.15. The van der Waals surface area contributed by atoms with Crippen molar-refractivity contribution in [1.82, 2.24) is 9.88 Å². The molecule has 1 aliphatic rings. The number of hydrogen-bond acceptors (Lipinski definition) is 3. The molecule has 112 valence electrons. The average Bonchev–Trinajstić information content (AvgIpc) is 2.88. The number of pyridine rings is 1. The lowest BCUT2D eigenvalue weighted by atomic mass is 10.1. The first kappa shape index (κ1) is 14.2. The number of H-pyrrole nitrogens is 1. The minimum atomic E-state index is -0.400. The SMILES string of the molecule is O=c1cc(CN2CCCC2CCO)[nH]c2ccc(F)cc12. The Hall–Kier alpha value is -1.72. The van der Waals surface area contributed by atoms with Crippen LogP contribution >= 0.6 is 0 Å². The molecule has 3 rings (SSSR count). The van der Waals surface area contributed by atoms with Crippen molar-refractivity contribution in [3.05, 3.63) is 46.0 Å². The maximum absolute atomic E-state index is 13.2. The van der Waals surface area contributed by atoms with Gasteiger partial charge in [0.2, 0.25) is 0 Å². The van der Waals surface area contributed by atoms with Gasteiger partial charge in [-0.15, -0.1) is 0 Å². The van der Waals surface area contributed by atoms with Crippen molar-refractivity contribution in [1.29, 1.82) is 0 Å². The van der Waals surface area contributed by atoms with Crippen LogP contribution in [-0.4, -0.2) is 34.2 Å². The molecule has 0 saturated carbocycles. The summed E-state index contributed by atoms with van der Waals surface area (Å²) in [7, 11) is 0. The number of likely N-dealkylation sites (tertiary alicyclic amines) is 1. The van der Waals surface area contributed by atoms with Crippen molar-refractivity contribution < 1.29 is 9.50 Å². The third kappa shape index (κ3) is 2.99. The Morgan fingerprint density at radius 1 is 1.38 bits per heavy atom. The van der Waals surface area contributed by atoms with Crippen molar-refractivity contribution in [2.75, 3.05) is 13.2 Å². The highest BCUT2D eigenvalue weighted by atomic mass is 19.1. The zero-order valence-corrected chi connectivity index (χ0v) is 11.8. The lowest BCUT2D eigenvalue weighted by Crippen LogP contribution is -2.30. The quantitative estimate of drug-likeness (QED) is 0.905. The molecule has 4 nitrogen and oxygen atoms in total. The van der Waals surface area contributed by atoms with Crippen molar-refractivity contribution in [2.24, 2.45) is 0 Å². The number of nitrogens with one attached hydrogen (secondary N) is 1. The zero-order valence-electron chi connectivity index (χ0n) is 11.8. The Morgan fingerprint density at radius 2 is 2.24 bits per heavy atom. The van der Waals surface area contributed by atoms with Crippen LogP contribution in [0.15, 0.2) is 29.1 Å². The second-order valence-corrected chi connectivity index (χ2v) is 5.63. The van der Waals surface area contributed by atoms with Crippen LogP contribution in [0.2, 0.25) is 0 Å². The second-order valence-electron chi connectivity index (χ2n) is 5.63. The predicted octanol–water partition coefficient (Wildman–Crippen LogP) is 2.01. The highest BCUT2D eigenvalue weighted by Crippen LogP contribution is 2.22. The van der Waals surface area contributed by atoms with Crippen LogP contribution in [0.4, 0.5) is 4.39 Å². The lowest BCUT2D eigenvalue weighted by Gasteiger charge is -2.23. The summed E-state index contributed by atoms with van der Waals surface area (Å²) in [5.41, 5.74) is 1.34. The van der Waals surface area contributed by atoms with Crippen LogP contribution in [-0.2, 0) is 6.54 Å². The minimum absolute atomic E-state index is 0.156. The number of aliphatic hydroxyl groups is 1. The van der Waals surface area contributed by atoms with E-state index in [1.54, 1.807) is 12.1 Å². The molecule has 1 aromatic carbocycles. The summed E-state index contributed by atoms with van der Waals surface area (Å²) in [6.07, 6.45) is 2.97. The van der Waals surface area contributed by atoms with E-state index in [4.69, 9.17) is 5.11 Å². The van der Waals surface area contributed by atoms with Gasteiger partial charge in [0.15, 0.2) is 5.43 Å². The molecule has 1 atom stereocenters. The molecule has 2 heterocycles. The fourth-order valence-electron chi connectivity index (χ4n) is 3.16. The number of aromatic nitrogens is 1. The number of fused-ring (bicyclic) bond motifs is 1. The van der Waals surface area contributed by atoms with Gasteiger partial charge < -0.3 is 10.1 Å². The van der Waals surface area contributed by atoms with E-state index in [-0.39, 0.29) is 12.0 Å². The van der Waals surface area contributed by atoms with E-state index >= 15 is 0 Å². The van der Waals surface area contributed by atoms with Crippen LogP contribution in [0, 0.1) is 5.82 Å².